The molecular weight excluding hydrogens is 630 g/mol. The average molecular weight is 676 g/mol. The zero-order valence-electron chi connectivity index (χ0n) is 27.7. The number of anilines is 2. The van der Waals surface area contributed by atoms with Crippen LogP contribution < -0.4 is 16.0 Å². The van der Waals surface area contributed by atoms with Crippen molar-refractivity contribution in [3.05, 3.63) is 94.1 Å². The number of carbonyl (C=O) groups excluding carboxylic acids is 1. The second kappa shape index (κ2) is 16.4. The third-order valence-corrected chi connectivity index (χ3v) is 8.95. The molecule has 0 aliphatic carbocycles. The zero-order valence-corrected chi connectivity index (χ0v) is 28.5. The Morgan fingerprint density at radius 3 is 2.25 bits per heavy atom. The maximum Gasteiger partial charge on any atom is 0.230 e. The number of rotatable bonds is 16. The van der Waals surface area contributed by atoms with Crippen LogP contribution in [0.4, 0.5) is 10.9 Å². The van der Waals surface area contributed by atoms with E-state index in [-0.39, 0.29) is 5.91 Å². The largest absolute Gasteiger partial charge is 0.373 e. The Labute approximate surface area is 285 Å². The molecule has 1 aliphatic heterocycles. The number of benzene rings is 2. The number of nitrogens with zero attached hydrogens (tertiary/aromatic N) is 4. The van der Waals surface area contributed by atoms with Crippen LogP contribution in [0.1, 0.15) is 61.0 Å². The number of aromatic nitrogens is 4. The first-order valence-corrected chi connectivity index (χ1v) is 17.1. The van der Waals surface area contributed by atoms with Gasteiger partial charge in [0.05, 0.1) is 24.3 Å². The van der Waals surface area contributed by atoms with Crippen molar-refractivity contribution in [2.75, 3.05) is 23.8 Å². The Balaban J connectivity index is 0.989. The minimum absolute atomic E-state index is 0.121. The number of hydrogen-bond donors (Lipinski definition) is 5. The Morgan fingerprint density at radius 1 is 0.812 bits per heavy atom. The summed E-state index contributed by atoms with van der Waals surface area (Å²) in [4.78, 5) is 12.9. The van der Waals surface area contributed by atoms with Crippen LogP contribution in [0.15, 0.2) is 66.7 Å². The molecule has 2 aromatic heterocycles. The molecule has 3 heterocycles. The summed E-state index contributed by atoms with van der Waals surface area (Å²) in [6.45, 7) is 6.47. The molecule has 2 aromatic carbocycles. The number of aliphatic hydroxyl groups is 2. The topological polar surface area (TPSA) is 164 Å². The summed E-state index contributed by atoms with van der Waals surface area (Å²) in [6.07, 6.45) is 2.65. The van der Waals surface area contributed by atoms with Gasteiger partial charge in [-0.25, -0.2) is 0 Å². The summed E-state index contributed by atoms with van der Waals surface area (Å²) in [7, 11) is 0. The fraction of sp³-hybridized carbons (Fsp3) is 0.457. The van der Waals surface area contributed by atoms with Crippen LogP contribution in [-0.4, -0.2) is 68.0 Å². The van der Waals surface area contributed by atoms with Gasteiger partial charge in [0.2, 0.25) is 11.0 Å². The monoisotopic (exact) mass is 675 g/mol. The van der Waals surface area contributed by atoms with Crippen molar-refractivity contribution in [2.45, 2.75) is 84.1 Å². The highest BCUT2D eigenvalue weighted by molar-refractivity contribution is 7.15. The molecule has 256 valence electrons. The highest BCUT2D eigenvalue weighted by atomic mass is 32.1. The maximum atomic E-state index is 12.9. The third kappa shape index (κ3) is 10.8. The first-order valence-electron chi connectivity index (χ1n) is 16.3. The van der Waals surface area contributed by atoms with E-state index in [4.69, 9.17) is 9.47 Å². The van der Waals surface area contributed by atoms with Gasteiger partial charge in [-0.1, -0.05) is 65.9 Å². The molecule has 5 N–H and O–H groups in total. The minimum atomic E-state index is -0.843. The number of aliphatic hydroxyl groups excluding tert-OH is 2. The molecule has 1 aliphatic rings. The number of aryl methyl sites for hydroxylation is 2. The van der Waals surface area contributed by atoms with E-state index in [1.165, 1.54) is 11.3 Å². The predicted molar refractivity (Wildman–Crippen MR) is 184 cm³/mol. The fourth-order valence-corrected chi connectivity index (χ4v) is 6.01. The van der Waals surface area contributed by atoms with Crippen molar-refractivity contribution in [3.63, 3.8) is 0 Å². The van der Waals surface area contributed by atoms with Gasteiger partial charge in [0.25, 0.3) is 0 Å². The van der Waals surface area contributed by atoms with E-state index in [1.807, 2.05) is 87.5 Å². The van der Waals surface area contributed by atoms with E-state index >= 15 is 0 Å². The summed E-state index contributed by atoms with van der Waals surface area (Å²) < 4.78 is 11.4. The van der Waals surface area contributed by atoms with Crippen LogP contribution in [0, 0.1) is 5.41 Å². The summed E-state index contributed by atoms with van der Waals surface area (Å²) in [5.74, 6) is -0.266. The molecule has 2 atom stereocenters. The zero-order chi connectivity index (χ0) is 34.0. The third-order valence-electron chi connectivity index (χ3n) is 8.04. The molecule has 0 saturated carbocycles. The first kappa shape index (κ1) is 35.3. The first-order chi connectivity index (χ1) is 23.0. The lowest BCUT2D eigenvalue weighted by molar-refractivity contribution is -0.277. The van der Waals surface area contributed by atoms with E-state index < -0.39 is 23.7 Å². The quantitative estimate of drug-likeness (QED) is 0.0853. The summed E-state index contributed by atoms with van der Waals surface area (Å²) in [6, 6.07) is 21.3. The summed E-state index contributed by atoms with van der Waals surface area (Å²) >= 11 is 1.43. The van der Waals surface area contributed by atoms with Gasteiger partial charge in [0, 0.05) is 25.8 Å². The molecular formula is C35H45N7O5S. The molecule has 0 radical (unpaired) electrons. The number of carbonyl (C=O) groups is 1. The molecule has 1 saturated heterocycles. The second-order valence-electron chi connectivity index (χ2n) is 12.9. The van der Waals surface area contributed by atoms with Crippen molar-refractivity contribution < 1.29 is 24.5 Å². The molecule has 0 bridgehead atoms. The van der Waals surface area contributed by atoms with E-state index in [9.17, 15) is 15.0 Å². The van der Waals surface area contributed by atoms with E-state index in [0.717, 1.165) is 53.1 Å². The number of nitrogens with one attached hydrogen (secondary N) is 3. The van der Waals surface area contributed by atoms with Crippen molar-refractivity contribution in [2.24, 2.45) is 5.41 Å². The minimum Gasteiger partial charge on any atom is -0.373 e. The molecule has 4 aromatic rings. The Hall–Kier alpha value is -4.01. The molecule has 2 unspecified atom stereocenters. The summed E-state index contributed by atoms with van der Waals surface area (Å²) in [5.41, 5.74) is 3.04. The van der Waals surface area contributed by atoms with Crippen LogP contribution in [0.2, 0.25) is 0 Å². The van der Waals surface area contributed by atoms with Crippen LogP contribution in [0.25, 0.3) is 0 Å². The van der Waals surface area contributed by atoms with Gasteiger partial charge in [0.15, 0.2) is 11.6 Å². The van der Waals surface area contributed by atoms with E-state index in [1.54, 1.807) is 0 Å². The fourth-order valence-electron chi connectivity index (χ4n) is 5.18. The van der Waals surface area contributed by atoms with E-state index in [2.05, 4.69) is 36.3 Å². The maximum absolute atomic E-state index is 12.9. The molecule has 1 amide bonds. The summed E-state index contributed by atoms with van der Waals surface area (Å²) in [5, 5.41) is 48.4. The Bertz CT molecular complexity index is 1590. The lowest BCUT2D eigenvalue weighted by atomic mass is 9.90. The van der Waals surface area contributed by atoms with Crippen molar-refractivity contribution in [1.82, 2.24) is 25.7 Å². The number of hydrogen-bond acceptors (Lipinski definition) is 12. The molecule has 12 nitrogen and oxygen atoms in total. The van der Waals surface area contributed by atoms with Crippen LogP contribution in [-0.2, 0) is 46.5 Å². The van der Waals surface area contributed by atoms with Crippen molar-refractivity contribution >= 4 is 28.2 Å². The number of amides is 1. The lowest BCUT2D eigenvalue weighted by Crippen LogP contribution is -2.52. The second-order valence-corrected chi connectivity index (χ2v) is 13.9. The highest BCUT2D eigenvalue weighted by Gasteiger charge is 2.42. The van der Waals surface area contributed by atoms with Gasteiger partial charge in [-0.15, -0.1) is 15.3 Å². The number of ether oxygens (including phenoxy) is 2. The molecule has 13 heteroatoms. The van der Waals surface area contributed by atoms with Gasteiger partial charge in [-0.3, -0.25) is 4.79 Å². The normalized spacial score (nSPS) is 16.5. The van der Waals surface area contributed by atoms with Crippen LogP contribution in [0.3, 0.4) is 0 Å². The van der Waals surface area contributed by atoms with Gasteiger partial charge >= 0.3 is 0 Å². The average Bonchev–Trinajstić information content (AvgIpc) is 3.51. The Kier molecular flexibility index (Phi) is 12.1. The van der Waals surface area contributed by atoms with Crippen molar-refractivity contribution in [3.8, 4) is 0 Å². The SMILES string of the molecule is CC1(C)OCC(C)(C(=O)NCc2cccc(CC(O)Nc3nnc(CCCCc4ccc(NC(O)Cc5ccccc5)nn4)s3)c2)CO1. The standard InChI is InChI=1S/C35H45N7O5S/c1-34(2)46-22-35(3,23-47-34)32(45)36-21-26-13-9-12-25(18-26)20-30(44)38-33-42-41-31(48-33)15-8-7-14-27-16-17-28(40-39-27)37-29(43)19-24-10-5-4-6-11-24/h4-6,9-13,16-18,29-30,43-44H,7-8,14-15,19-23H2,1-3H3,(H,36,45)(H,37,40)(H,38,42). The van der Waals surface area contributed by atoms with Crippen LogP contribution >= 0.6 is 11.3 Å². The molecule has 48 heavy (non-hydrogen) atoms. The van der Waals surface area contributed by atoms with Gasteiger partial charge in [-0.2, -0.15) is 5.10 Å². The van der Waals surface area contributed by atoms with Gasteiger partial charge < -0.3 is 35.6 Å². The van der Waals surface area contributed by atoms with Gasteiger partial charge in [0.1, 0.15) is 17.5 Å². The molecule has 5 rings (SSSR count). The predicted octanol–water partition coefficient (Wildman–Crippen LogP) is 4.24. The van der Waals surface area contributed by atoms with Crippen LogP contribution in [0.5, 0.6) is 0 Å². The smallest absolute Gasteiger partial charge is 0.230 e. The molecule has 0 spiro atoms. The van der Waals surface area contributed by atoms with E-state index in [0.29, 0.717) is 43.5 Å². The molecule has 1 fully saturated rings. The lowest BCUT2D eigenvalue weighted by Gasteiger charge is -2.40. The van der Waals surface area contributed by atoms with Crippen molar-refractivity contribution in [1.29, 1.82) is 0 Å². The Morgan fingerprint density at radius 2 is 1.50 bits per heavy atom. The van der Waals surface area contributed by atoms with Gasteiger partial charge in [-0.05, 0) is 68.9 Å². The highest BCUT2D eigenvalue weighted by Crippen LogP contribution is 2.29. The number of unbranched alkanes of at least 4 members (excludes halogenated alkanes) is 1.